The highest BCUT2D eigenvalue weighted by molar-refractivity contribution is 7.12. The fraction of sp³-hybridized carbons (Fsp3) is 0.250. The van der Waals surface area contributed by atoms with Crippen LogP contribution in [-0.4, -0.2) is 4.98 Å². The van der Waals surface area contributed by atoms with Crippen LogP contribution in [0.25, 0.3) is 0 Å². The van der Waals surface area contributed by atoms with E-state index in [1.54, 1.807) is 6.20 Å². The summed E-state index contributed by atoms with van der Waals surface area (Å²) in [5, 5.41) is 3.84. The largest absolute Gasteiger partial charge is 0.380 e. The Balaban J connectivity index is 1.96. The van der Waals surface area contributed by atoms with Gasteiger partial charge in [-0.1, -0.05) is 18.5 Å². The summed E-state index contributed by atoms with van der Waals surface area (Å²) in [6, 6.07) is 8.09. The van der Waals surface area contributed by atoms with Gasteiger partial charge in [0.15, 0.2) is 0 Å². The zero-order valence-corrected chi connectivity index (χ0v) is 10.6. The first kappa shape index (κ1) is 11.4. The summed E-state index contributed by atoms with van der Waals surface area (Å²) in [6.45, 7) is 3.01. The third-order valence-electron chi connectivity index (χ3n) is 2.26. The van der Waals surface area contributed by atoms with Crippen molar-refractivity contribution in [1.82, 2.24) is 4.98 Å². The summed E-state index contributed by atoms with van der Waals surface area (Å²) in [6.07, 6.45) is 2.81. The average Bonchev–Trinajstić information content (AvgIpc) is 2.74. The van der Waals surface area contributed by atoms with Gasteiger partial charge in [0.1, 0.15) is 5.15 Å². The number of rotatable bonds is 4. The Morgan fingerprint density at radius 1 is 1.31 bits per heavy atom. The molecule has 0 atom stereocenters. The van der Waals surface area contributed by atoms with Crippen LogP contribution in [0, 0.1) is 0 Å². The van der Waals surface area contributed by atoms with E-state index in [1.165, 1.54) is 9.75 Å². The van der Waals surface area contributed by atoms with Crippen LogP contribution in [0.5, 0.6) is 0 Å². The van der Waals surface area contributed by atoms with Gasteiger partial charge >= 0.3 is 0 Å². The standard InChI is InChI=1S/C12H13ClN2S/c1-2-10-3-4-11(16-10)8-15-9-5-6-14-12(13)7-9/h3-7H,2,8H2,1H3,(H,14,15). The second-order valence-electron chi connectivity index (χ2n) is 3.44. The van der Waals surface area contributed by atoms with Gasteiger partial charge in [-0.25, -0.2) is 4.98 Å². The second-order valence-corrected chi connectivity index (χ2v) is 5.08. The van der Waals surface area contributed by atoms with E-state index in [4.69, 9.17) is 11.6 Å². The van der Waals surface area contributed by atoms with Crippen LogP contribution >= 0.6 is 22.9 Å². The fourth-order valence-corrected chi connectivity index (χ4v) is 2.48. The minimum atomic E-state index is 0.519. The van der Waals surface area contributed by atoms with Crippen molar-refractivity contribution >= 4 is 28.6 Å². The number of hydrogen-bond donors (Lipinski definition) is 1. The molecule has 0 spiro atoms. The summed E-state index contributed by atoms with van der Waals surface area (Å²) in [5.41, 5.74) is 1.01. The lowest BCUT2D eigenvalue weighted by Gasteiger charge is -2.04. The number of nitrogens with one attached hydrogen (secondary N) is 1. The maximum absolute atomic E-state index is 5.80. The Kier molecular flexibility index (Phi) is 3.80. The molecule has 4 heteroatoms. The van der Waals surface area contributed by atoms with Crippen molar-refractivity contribution in [3.05, 3.63) is 45.4 Å². The molecule has 1 N–H and O–H groups in total. The highest BCUT2D eigenvalue weighted by Gasteiger charge is 1.99. The minimum absolute atomic E-state index is 0.519. The minimum Gasteiger partial charge on any atom is -0.380 e. The van der Waals surface area contributed by atoms with Crippen molar-refractivity contribution < 1.29 is 0 Å². The van der Waals surface area contributed by atoms with Crippen molar-refractivity contribution in [3.8, 4) is 0 Å². The second kappa shape index (κ2) is 5.32. The molecule has 2 nitrogen and oxygen atoms in total. The maximum Gasteiger partial charge on any atom is 0.131 e. The Labute approximate surface area is 104 Å². The predicted molar refractivity (Wildman–Crippen MR) is 70.3 cm³/mol. The Bertz CT molecular complexity index is 468. The number of aromatic nitrogens is 1. The molecule has 2 aromatic heterocycles. The van der Waals surface area contributed by atoms with Gasteiger partial charge in [0.25, 0.3) is 0 Å². The summed E-state index contributed by atoms with van der Waals surface area (Å²) < 4.78 is 0. The average molecular weight is 253 g/mol. The molecular weight excluding hydrogens is 240 g/mol. The maximum atomic E-state index is 5.80. The summed E-state index contributed by atoms with van der Waals surface area (Å²) in [4.78, 5) is 6.70. The van der Waals surface area contributed by atoms with Crippen molar-refractivity contribution in [1.29, 1.82) is 0 Å². The molecule has 2 heterocycles. The predicted octanol–water partition coefficient (Wildman–Crippen LogP) is 3.97. The van der Waals surface area contributed by atoms with E-state index in [-0.39, 0.29) is 0 Å². The van der Waals surface area contributed by atoms with Crippen LogP contribution in [0.15, 0.2) is 30.5 Å². The van der Waals surface area contributed by atoms with Gasteiger partial charge in [-0.3, -0.25) is 0 Å². The number of hydrogen-bond acceptors (Lipinski definition) is 3. The van der Waals surface area contributed by atoms with Crippen LogP contribution < -0.4 is 5.32 Å². The number of thiophene rings is 1. The van der Waals surface area contributed by atoms with Crippen LogP contribution in [0.4, 0.5) is 5.69 Å². The van der Waals surface area contributed by atoms with E-state index in [0.717, 1.165) is 18.7 Å². The smallest absolute Gasteiger partial charge is 0.131 e. The Morgan fingerprint density at radius 3 is 2.81 bits per heavy atom. The molecule has 16 heavy (non-hydrogen) atoms. The van der Waals surface area contributed by atoms with Gasteiger partial charge in [0.05, 0.1) is 0 Å². The third kappa shape index (κ3) is 2.97. The molecule has 0 saturated heterocycles. The Morgan fingerprint density at radius 2 is 2.12 bits per heavy atom. The van der Waals surface area contributed by atoms with Gasteiger partial charge in [0, 0.05) is 28.2 Å². The normalized spacial score (nSPS) is 10.4. The molecule has 0 unspecified atom stereocenters. The van der Waals surface area contributed by atoms with Crippen LogP contribution in [-0.2, 0) is 13.0 Å². The zero-order chi connectivity index (χ0) is 11.4. The first-order chi connectivity index (χ1) is 7.78. The summed E-state index contributed by atoms with van der Waals surface area (Å²) >= 11 is 7.65. The number of pyridine rings is 1. The summed E-state index contributed by atoms with van der Waals surface area (Å²) in [7, 11) is 0. The molecular formula is C12H13ClN2S. The van der Waals surface area contributed by atoms with Crippen molar-refractivity contribution in [2.45, 2.75) is 19.9 Å². The summed E-state index contributed by atoms with van der Waals surface area (Å²) in [5.74, 6) is 0. The molecule has 0 aromatic carbocycles. The molecule has 84 valence electrons. The Hall–Kier alpha value is -1.06. The lowest BCUT2D eigenvalue weighted by atomic mass is 10.3. The quantitative estimate of drug-likeness (QED) is 0.833. The SMILES string of the molecule is CCc1ccc(CNc2ccnc(Cl)c2)s1. The molecule has 0 aliphatic carbocycles. The fourth-order valence-electron chi connectivity index (χ4n) is 1.41. The molecule has 2 rings (SSSR count). The highest BCUT2D eigenvalue weighted by Crippen LogP contribution is 2.19. The number of aryl methyl sites for hydroxylation is 1. The molecule has 0 saturated carbocycles. The lowest BCUT2D eigenvalue weighted by molar-refractivity contribution is 1.18. The number of halogens is 1. The van der Waals surface area contributed by atoms with E-state index in [1.807, 2.05) is 23.5 Å². The topological polar surface area (TPSA) is 24.9 Å². The van der Waals surface area contributed by atoms with Crippen molar-refractivity contribution in [3.63, 3.8) is 0 Å². The van der Waals surface area contributed by atoms with Crippen molar-refractivity contribution in [2.24, 2.45) is 0 Å². The van der Waals surface area contributed by atoms with Gasteiger partial charge in [-0.2, -0.15) is 0 Å². The first-order valence-electron chi connectivity index (χ1n) is 5.21. The number of anilines is 1. The monoisotopic (exact) mass is 252 g/mol. The lowest BCUT2D eigenvalue weighted by Crippen LogP contribution is -1.97. The molecule has 0 radical (unpaired) electrons. The van der Waals surface area contributed by atoms with Crippen LogP contribution in [0.1, 0.15) is 16.7 Å². The number of nitrogens with zero attached hydrogens (tertiary/aromatic N) is 1. The van der Waals surface area contributed by atoms with E-state index in [0.29, 0.717) is 5.15 Å². The van der Waals surface area contributed by atoms with Crippen LogP contribution in [0.2, 0.25) is 5.15 Å². The van der Waals surface area contributed by atoms with E-state index >= 15 is 0 Å². The molecule has 0 aliphatic rings. The van der Waals surface area contributed by atoms with Crippen LogP contribution in [0.3, 0.4) is 0 Å². The van der Waals surface area contributed by atoms with E-state index in [9.17, 15) is 0 Å². The first-order valence-corrected chi connectivity index (χ1v) is 6.40. The molecule has 0 aliphatic heterocycles. The van der Waals surface area contributed by atoms with Gasteiger partial charge < -0.3 is 5.32 Å². The van der Waals surface area contributed by atoms with Gasteiger partial charge in [-0.15, -0.1) is 11.3 Å². The molecule has 0 bridgehead atoms. The zero-order valence-electron chi connectivity index (χ0n) is 9.03. The van der Waals surface area contributed by atoms with Gasteiger partial charge in [0.2, 0.25) is 0 Å². The molecule has 0 amide bonds. The molecule has 0 fully saturated rings. The van der Waals surface area contributed by atoms with Crippen molar-refractivity contribution in [2.75, 3.05) is 5.32 Å². The van der Waals surface area contributed by atoms with E-state index in [2.05, 4.69) is 29.4 Å². The van der Waals surface area contributed by atoms with E-state index < -0.39 is 0 Å². The highest BCUT2D eigenvalue weighted by atomic mass is 35.5. The third-order valence-corrected chi connectivity index (χ3v) is 3.70. The molecule has 2 aromatic rings. The van der Waals surface area contributed by atoms with Gasteiger partial charge in [-0.05, 0) is 30.7 Å².